The third kappa shape index (κ3) is 13.4. The Hall–Kier alpha value is -1.15. The Balaban J connectivity index is 0.000000130. The van der Waals surface area contributed by atoms with Crippen molar-refractivity contribution in [1.29, 1.82) is 0 Å². The van der Waals surface area contributed by atoms with Gasteiger partial charge in [0.2, 0.25) is 5.44 Å². The first-order valence-corrected chi connectivity index (χ1v) is 38.0. The van der Waals surface area contributed by atoms with Gasteiger partial charge in [0.15, 0.2) is 6.10 Å². The fraction of sp³-hybridized carbons (Fsp3) is 1.00. The van der Waals surface area contributed by atoms with Gasteiger partial charge < -0.3 is 0 Å². The third-order valence-electron chi connectivity index (χ3n) is 11.2. The first-order valence-electron chi connectivity index (χ1n) is 19.7. The van der Waals surface area contributed by atoms with E-state index in [1.54, 1.807) is 0 Å². The van der Waals surface area contributed by atoms with Crippen LogP contribution in [0.25, 0.3) is 0 Å². The van der Waals surface area contributed by atoms with Gasteiger partial charge in [-0.05, 0) is 6.92 Å². The van der Waals surface area contributed by atoms with Gasteiger partial charge >= 0.3 is 10.1 Å². The number of halogens is 1. The molecule has 0 spiro atoms. The molecule has 0 saturated carbocycles. The van der Waals surface area contributed by atoms with Gasteiger partial charge in [0.1, 0.15) is 80.6 Å². The monoisotopic (exact) mass is 1320 g/mol. The second-order valence-electron chi connectivity index (χ2n) is 16.6. The van der Waals surface area contributed by atoms with E-state index in [0.29, 0.717) is 0 Å². The van der Waals surface area contributed by atoms with E-state index in [1.165, 1.54) is 6.92 Å². The van der Waals surface area contributed by atoms with Gasteiger partial charge in [-0.15, -0.1) is 0 Å². The fourth-order valence-corrected chi connectivity index (χ4v) is 26.2. The summed E-state index contributed by atoms with van der Waals surface area (Å²) in [6.45, 7) is 0.476. The van der Waals surface area contributed by atoms with Crippen molar-refractivity contribution in [2.24, 2.45) is 5.92 Å². The Kier molecular flexibility index (Phi) is 16.2. The first kappa shape index (κ1) is 60.5. The molecule has 10 unspecified atom stereocenters. The largest absolute Gasteiger partial charge is 0.303 e. The van der Waals surface area contributed by atoms with Crippen LogP contribution in [-0.4, -0.2) is 237 Å². The molecule has 0 aromatic rings. The van der Waals surface area contributed by atoms with E-state index in [9.17, 15) is 105 Å². The SMILES string of the molecule is CC1[C@H]2OS(=O)(=O)C[C@H]2OS1(=O)=O.O=S1(=O)CC2C(COS2(=O)=O)O1.O=S1(=O)CC2COS(=O)(=O)C2O1.O=S1(=O)CC2OS(=O)(=O)CC2O1.O=S1(=O)C[C@H]2OS(=O)(=O)C(F)[C@H]2O1.O=S1(=O)OCC2C1COS2(=O)=O. The molecule has 12 aliphatic heterocycles. The maximum absolute atomic E-state index is 12.9. The Morgan fingerprint density at radius 2 is 0.676 bits per heavy atom. The predicted molar refractivity (Wildman–Crippen MR) is 228 cm³/mol. The van der Waals surface area contributed by atoms with E-state index in [1.807, 2.05) is 0 Å². The first-order chi connectivity index (χ1) is 33.3. The average molecular weight is 1320 g/mol. The minimum Gasteiger partial charge on any atom is -0.268 e. The van der Waals surface area contributed by atoms with Crippen LogP contribution in [-0.2, 0) is 172 Å². The van der Waals surface area contributed by atoms with E-state index in [-0.39, 0.29) is 49.4 Å². The van der Waals surface area contributed by atoms with Gasteiger partial charge in [0, 0.05) is 5.92 Å². The number of hydrogen-bond donors (Lipinski definition) is 0. The third-order valence-corrected chi connectivity index (χ3v) is 29.0. The molecule has 0 bridgehead atoms. The molecule has 0 aromatic carbocycles. The van der Waals surface area contributed by atoms with Crippen molar-refractivity contribution in [1.82, 2.24) is 0 Å². The van der Waals surface area contributed by atoms with Crippen LogP contribution in [0.3, 0.4) is 0 Å². The van der Waals surface area contributed by atoms with Crippen molar-refractivity contribution in [2.45, 2.75) is 81.6 Å². The topological polar surface area (TPSA) is 520 Å². The number of hydrogen-bond acceptors (Lipinski definition) is 36. The van der Waals surface area contributed by atoms with Crippen LogP contribution in [0.4, 0.5) is 4.39 Å². The lowest BCUT2D eigenvalue weighted by atomic mass is 10.2. The highest BCUT2D eigenvalue weighted by atomic mass is 32.3. The molecule has 12 heterocycles. The molecule has 12 rings (SSSR count). The molecule has 12 fully saturated rings. The van der Waals surface area contributed by atoms with Crippen LogP contribution in [0.2, 0.25) is 0 Å². The van der Waals surface area contributed by atoms with Crippen molar-refractivity contribution < 1.29 is 156 Å². The summed E-state index contributed by atoms with van der Waals surface area (Å²) in [5, 5.41) is -3.98. The van der Waals surface area contributed by atoms with Crippen molar-refractivity contribution in [3.63, 3.8) is 0 Å². The molecule has 12 aliphatic rings. The molecule has 12 saturated heterocycles. The van der Waals surface area contributed by atoms with Gasteiger partial charge in [-0.3, -0.25) is 46.0 Å². The molecule has 74 heavy (non-hydrogen) atoms. The molecule has 0 amide bonds. The summed E-state index contributed by atoms with van der Waals surface area (Å²) in [4.78, 5) is 0. The summed E-state index contributed by atoms with van der Waals surface area (Å²) < 4.78 is 326. The minimum atomic E-state index is -4.29. The van der Waals surface area contributed by atoms with E-state index < -0.39 is 214 Å². The van der Waals surface area contributed by atoms with Gasteiger partial charge in [0.25, 0.3) is 117 Å². The summed E-state index contributed by atoms with van der Waals surface area (Å²) in [6.07, 6.45) is -6.99. The Labute approximate surface area is 422 Å². The highest BCUT2D eigenvalue weighted by Gasteiger charge is 2.59. The summed E-state index contributed by atoms with van der Waals surface area (Å²) >= 11 is 0. The molecule has 432 valence electrons. The summed E-state index contributed by atoms with van der Waals surface area (Å²) in [7, 11) is -44.6. The Morgan fingerprint density at radius 1 is 0.311 bits per heavy atom. The highest BCUT2D eigenvalue weighted by Crippen LogP contribution is 2.37. The molecule has 0 N–H and O–H groups in total. The van der Waals surface area contributed by atoms with E-state index in [4.69, 9.17) is 0 Å². The van der Waals surface area contributed by atoms with E-state index >= 15 is 0 Å². The fourth-order valence-electron chi connectivity index (χ4n) is 7.72. The van der Waals surface area contributed by atoms with Gasteiger partial charge in [-0.25, -0.2) is 8.57 Å². The molecule has 14 atom stereocenters. The molecular formula is C25H37FO36S12. The average Bonchev–Trinajstić information content (AvgIpc) is 4.13. The van der Waals surface area contributed by atoms with Crippen LogP contribution in [0.5, 0.6) is 0 Å². The number of fused-ring (bicyclic) bond motifs is 6. The van der Waals surface area contributed by atoms with Crippen molar-refractivity contribution in [3.05, 3.63) is 0 Å². The summed E-state index contributed by atoms with van der Waals surface area (Å²) in [5.41, 5.74) is -3.71. The second kappa shape index (κ2) is 19.8. The van der Waals surface area contributed by atoms with Crippen LogP contribution < -0.4 is 0 Å². The molecule has 36 nitrogen and oxygen atoms in total. The lowest BCUT2D eigenvalue weighted by Crippen LogP contribution is -2.27. The Morgan fingerprint density at radius 3 is 1.14 bits per heavy atom. The van der Waals surface area contributed by atoms with Gasteiger partial charge in [-0.2, -0.15) is 101 Å². The van der Waals surface area contributed by atoms with Crippen molar-refractivity contribution in [2.75, 3.05) is 60.9 Å². The van der Waals surface area contributed by atoms with Crippen LogP contribution in [0.1, 0.15) is 6.92 Å². The predicted octanol–water partition coefficient (Wildman–Crippen LogP) is -8.45. The minimum absolute atomic E-state index is 0.0910. The quantitative estimate of drug-likeness (QED) is 0.203. The molecule has 0 aromatic heterocycles. The normalized spacial score (nSPS) is 43.9. The lowest BCUT2D eigenvalue weighted by Gasteiger charge is -2.05. The second-order valence-corrected chi connectivity index (χ2v) is 37.2. The lowest BCUT2D eigenvalue weighted by molar-refractivity contribution is 0.116. The molecule has 0 aliphatic carbocycles. The number of alkyl halides is 1. The zero-order valence-electron chi connectivity index (χ0n) is 36.1. The van der Waals surface area contributed by atoms with Gasteiger partial charge in [-0.1, -0.05) is 0 Å². The van der Waals surface area contributed by atoms with Crippen molar-refractivity contribution >= 4 is 121 Å². The van der Waals surface area contributed by atoms with E-state index in [0.717, 1.165) is 0 Å². The molecule has 0 radical (unpaired) electrons. The van der Waals surface area contributed by atoms with Crippen LogP contribution >= 0.6 is 0 Å². The zero-order valence-corrected chi connectivity index (χ0v) is 45.9. The maximum atomic E-state index is 12.9. The smallest absolute Gasteiger partial charge is 0.268 e. The summed E-state index contributed by atoms with van der Waals surface area (Å²) in [5.74, 6) is -3.02. The van der Waals surface area contributed by atoms with Crippen molar-refractivity contribution in [3.8, 4) is 0 Å². The highest BCUT2D eigenvalue weighted by molar-refractivity contribution is 7.93. The standard InChI is InChI=1S/C5H8O6S2.C4H5FO6S2.4C4H6O6S2/c1-3-5-4(10-13(3,8)9)2-12(6,7)11-5;5-4-3-2(10-13(4,8)9)1-12(6,7)11-3;5-11(6)1-3-4(10-11)2-12(7,8)9-3;5-11(6)2-4-3(10-11)1-9-12(4,7)8;5-11(6)3-1-9-12(7,8)4(3)2-10-11;5-11(6)2-3-1-9-12(7,8)4(3)10-11/h3-5H,2H2,1H3;2-4H,1H2;4*3-4H,1-2H2/t3?,4-,5-;2-,3+,4?;;;;/m11..../s1. The van der Waals surface area contributed by atoms with Gasteiger partial charge in [0.05, 0.1) is 37.9 Å². The summed E-state index contributed by atoms with van der Waals surface area (Å²) in [6, 6.07) is 0. The zero-order chi connectivity index (χ0) is 55.6. The molecule has 49 heteroatoms. The number of rotatable bonds is 0. The maximum Gasteiger partial charge on any atom is 0.303 e. The van der Waals surface area contributed by atoms with Crippen LogP contribution in [0.15, 0.2) is 0 Å². The Bertz CT molecular complexity index is 3360. The van der Waals surface area contributed by atoms with Crippen LogP contribution in [0, 0.1) is 5.92 Å². The molecular weight excluding hydrogens is 1280 g/mol. The van der Waals surface area contributed by atoms with E-state index in [2.05, 4.69) is 50.2 Å².